The number of primary amides is 1. The molecule has 8 nitrogen and oxygen atoms in total. The summed E-state index contributed by atoms with van der Waals surface area (Å²) < 4.78 is 31.1. The van der Waals surface area contributed by atoms with Crippen molar-refractivity contribution in [3.8, 4) is 0 Å². The number of amides is 1. The Balaban J connectivity index is 2.97. The molecule has 0 spiro atoms. The van der Waals surface area contributed by atoms with Gasteiger partial charge in [-0.15, -0.1) is 0 Å². The van der Waals surface area contributed by atoms with Gasteiger partial charge < -0.3 is 16.2 Å². The first kappa shape index (κ1) is 16.9. The molecule has 0 saturated heterocycles. The van der Waals surface area contributed by atoms with Crippen LogP contribution >= 0.6 is 0 Å². The molecule has 0 saturated carbocycles. The Labute approximate surface area is 122 Å². The van der Waals surface area contributed by atoms with Gasteiger partial charge in [0.25, 0.3) is 0 Å². The maximum absolute atomic E-state index is 12.2. The van der Waals surface area contributed by atoms with Gasteiger partial charge in [0.1, 0.15) is 0 Å². The van der Waals surface area contributed by atoms with Gasteiger partial charge in [-0.25, -0.2) is 17.9 Å². The van der Waals surface area contributed by atoms with Crippen LogP contribution in [0.3, 0.4) is 0 Å². The number of nitrogens with two attached hydrogens (primary N) is 2. The van der Waals surface area contributed by atoms with Gasteiger partial charge in [-0.05, 0) is 24.6 Å². The lowest BCUT2D eigenvalue weighted by Crippen LogP contribution is -2.27. The van der Waals surface area contributed by atoms with E-state index in [0.717, 1.165) is 7.11 Å². The van der Waals surface area contributed by atoms with Crippen LogP contribution in [0.5, 0.6) is 0 Å². The molecule has 0 unspecified atom stereocenters. The summed E-state index contributed by atoms with van der Waals surface area (Å²) >= 11 is 0. The van der Waals surface area contributed by atoms with Crippen molar-refractivity contribution < 1.29 is 22.7 Å². The van der Waals surface area contributed by atoms with Crippen molar-refractivity contribution in [2.45, 2.75) is 17.7 Å². The maximum atomic E-state index is 12.2. The quantitative estimate of drug-likeness (QED) is 0.355. The fourth-order valence-corrected chi connectivity index (χ4v) is 2.85. The minimum atomic E-state index is -3.92. The van der Waals surface area contributed by atoms with E-state index in [0.29, 0.717) is 0 Å². The number of benzene rings is 1. The van der Waals surface area contributed by atoms with Crippen molar-refractivity contribution in [2.75, 3.05) is 19.4 Å². The molecule has 0 radical (unpaired) electrons. The normalized spacial score (nSPS) is 11.1. The molecule has 0 aromatic heterocycles. The predicted octanol–water partition coefficient (Wildman–Crippen LogP) is -0.401. The average Bonchev–Trinajstić information content (AvgIpc) is 2.42. The van der Waals surface area contributed by atoms with E-state index in [1.807, 2.05) is 0 Å². The fraction of sp³-hybridized carbons (Fsp3) is 0.333. The molecule has 0 heterocycles. The second-order valence-corrected chi connectivity index (χ2v) is 5.95. The first-order valence-corrected chi connectivity index (χ1v) is 7.52. The third-order valence-corrected chi connectivity index (χ3v) is 4.11. The van der Waals surface area contributed by atoms with Gasteiger partial charge in [-0.3, -0.25) is 4.79 Å². The number of anilines is 1. The van der Waals surface area contributed by atoms with Crippen molar-refractivity contribution in [3.63, 3.8) is 0 Å². The fourth-order valence-electron chi connectivity index (χ4n) is 1.60. The van der Waals surface area contributed by atoms with Gasteiger partial charge in [0, 0.05) is 18.7 Å². The molecule has 0 aliphatic carbocycles. The van der Waals surface area contributed by atoms with E-state index < -0.39 is 21.9 Å². The van der Waals surface area contributed by atoms with E-state index in [-0.39, 0.29) is 35.5 Å². The van der Waals surface area contributed by atoms with E-state index in [4.69, 9.17) is 11.5 Å². The lowest BCUT2D eigenvalue weighted by atomic mass is 10.2. The minimum absolute atomic E-state index is 0.0241. The van der Waals surface area contributed by atoms with Crippen LogP contribution in [0.25, 0.3) is 0 Å². The number of sulfonamides is 1. The minimum Gasteiger partial charge on any atom is -0.465 e. The highest BCUT2D eigenvalue weighted by atomic mass is 32.2. The first-order chi connectivity index (χ1) is 9.77. The third-order valence-electron chi connectivity index (χ3n) is 2.59. The zero-order chi connectivity index (χ0) is 16.0. The Hall–Kier alpha value is -2.13. The van der Waals surface area contributed by atoms with Gasteiger partial charge in [0.2, 0.25) is 15.9 Å². The number of methoxy groups -OCH3 is 1. The third kappa shape index (κ3) is 4.72. The van der Waals surface area contributed by atoms with E-state index >= 15 is 0 Å². The summed E-state index contributed by atoms with van der Waals surface area (Å²) in [5.74, 6) is -1.32. The molecule has 1 aromatic carbocycles. The first-order valence-electron chi connectivity index (χ1n) is 6.03. The number of rotatable bonds is 7. The molecule has 0 fully saturated rings. The van der Waals surface area contributed by atoms with Crippen LogP contribution in [0.4, 0.5) is 5.69 Å². The zero-order valence-electron chi connectivity index (χ0n) is 11.5. The average molecular weight is 315 g/mol. The van der Waals surface area contributed by atoms with E-state index in [9.17, 15) is 18.0 Å². The van der Waals surface area contributed by atoms with Gasteiger partial charge in [-0.1, -0.05) is 0 Å². The Kier molecular flexibility index (Phi) is 5.68. The molecule has 0 aliphatic heterocycles. The van der Waals surface area contributed by atoms with Crippen molar-refractivity contribution in [3.05, 3.63) is 23.8 Å². The SMILES string of the molecule is COC(=O)c1cc(N)ccc1S(=O)(=O)NCCCC(N)=O. The smallest absolute Gasteiger partial charge is 0.339 e. The number of hydrogen-bond donors (Lipinski definition) is 3. The molecular weight excluding hydrogens is 298 g/mol. The van der Waals surface area contributed by atoms with Crippen molar-refractivity contribution >= 4 is 27.6 Å². The Morgan fingerprint density at radius 1 is 1.33 bits per heavy atom. The molecule has 1 rings (SSSR count). The second kappa shape index (κ2) is 7.04. The molecular formula is C12H17N3O5S. The lowest BCUT2D eigenvalue weighted by Gasteiger charge is -2.10. The molecule has 21 heavy (non-hydrogen) atoms. The Morgan fingerprint density at radius 2 is 2.00 bits per heavy atom. The summed E-state index contributed by atoms with van der Waals surface area (Å²) in [4.78, 5) is 22.0. The van der Waals surface area contributed by atoms with Crippen LogP contribution in [-0.2, 0) is 19.6 Å². The van der Waals surface area contributed by atoms with E-state index in [2.05, 4.69) is 9.46 Å². The molecule has 9 heteroatoms. The van der Waals surface area contributed by atoms with Gasteiger partial charge in [0.05, 0.1) is 17.6 Å². The predicted molar refractivity (Wildman–Crippen MR) is 75.8 cm³/mol. The molecule has 0 aliphatic rings. The van der Waals surface area contributed by atoms with Crippen molar-refractivity contribution in [1.29, 1.82) is 0 Å². The molecule has 0 bridgehead atoms. The van der Waals surface area contributed by atoms with Crippen LogP contribution in [0, 0.1) is 0 Å². The van der Waals surface area contributed by atoms with E-state index in [1.165, 1.54) is 18.2 Å². The van der Waals surface area contributed by atoms with E-state index in [1.54, 1.807) is 0 Å². The number of carbonyl (C=O) groups excluding carboxylic acids is 2. The molecule has 116 valence electrons. The van der Waals surface area contributed by atoms with Gasteiger partial charge in [0.15, 0.2) is 0 Å². The number of nitrogen functional groups attached to an aromatic ring is 1. The summed E-state index contributed by atoms with van der Waals surface area (Å²) in [6.07, 6.45) is 0.325. The number of ether oxygens (including phenoxy) is 1. The number of esters is 1. The van der Waals surface area contributed by atoms with Crippen molar-refractivity contribution in [2.24, 2.45) is 5.73 Å². The summed E-state index contributed by atoms with van der Waals surface area (Å²) in [7, 11) is -2.78. The van der Waals surface area contributed by atoms with Gasteiger partial charge >= 0.3 is 5.97 Å². The lowest BCUT2D eigenvalue weighted by molar-refractivity contribution is -0.118. The maximum Gasteiger partial charge on any atom is 0.339 e. The summed E-state index contributed by atoms with van der Waals surface area (Å²) in [5, 5.41) is 0. The monoisotopic (exact) mass is 315 g/mol. The van der Waals surface area contributed by atoms with Crippen LogP contribution in [0.15, 0.2) is 23.1 Å². The zero-order valence-corrected chi connectivity index (χ0v) is 12.3. The molecule has 1 amide bonds. The Morgan fingerprint density at radius 3 is 2.57 bits per heavy atom. The van der Waals surface area contributed by atoms with Crippen molar-refractivity contribution in [1.82, 2.24) is 4.72 Å². The summed E-state index contributed by atoms with van der Waals surface area (Å²) in [5.41, 5.74) is 10.6. The molecule has 5 N–H and O–H groups in total. The number of carbonyl (C=O) groups is 2. The van der Waals surface area contributed by atoms with Crippen LogP contribution < -0.4 is 16.2 Å². The standard InChI is InChI=1S/C12H17N3O5S/c1-20-12(17)9-7-8(13)4-5-10(9)21(18,19)15-6-2-3-11(14)16/h4-5,7,15H,2-3,6,13H2,1H3,(H2,14,16). The van der Waals surface area contributed by atoms with Crippen LogP contribution in [0.2, 0.25) is 0 Å². The molecule has 1 aromatic rings. The van der Waals surface area contributed by atoms with Gasteiger partial charge in [-0.2, -0.15) is 0 Å². The number of hydrogen-bond acceptors (Lipinski definition) is 6. The largest absolute Gasteiger partial charge is 0.465 e. The Bertz CT molecular complexity index is 642. The highest BCUT2D eigenvalue weighted by Crippen LogP contribution is 2.19. The highest BCUT2D eigenvalue weighted by Gasteiger charge is 2.22. The van der Waals surface area contributed by atoms with Crippen LogP contribution in [0.1, 0.15) is 23.2 Å². The summed E-state index contributed by atoms with van der Waals surface area (Å²) in [6, 6.07) is 3.81. The topological polar surface area (TPSA) is 142 Å². The van der Waals surface area contributed by atoms with Crippen LogP contribution in [-0.4, -0.2) is 33.9 Å². The number of nitrogens with one attached hydrogen (secondary N) is 1. The highest BCUT2D eigenvalue weighted by molar-refractivity contribution is 7.89. The molecule has 0 atom stereocenters. The summed E-state index contributed by atoms with van der Waals surface area (Å²) in [6.45, 7) is 0.0241. The second-order valence-electron chi connectivity index (χ2n) is 4.21.